The second-order valence-electron chi connectivity index (χ2n) is 6.00. The smallest absolute Gasteiger partial charge is 0.226 e. The van der Waals surface area contributed by atoms with Gasteiger partial charge in [0.1, 0.15) is 0 Å². The molecule has 1 aromatic heterocycles. The van der Waals surface area contributed by atoms with Gasteiger partial charge in [-0.15, -0.1) is 0 Å². The molecule has 0 aliphatic carbocycles. The molecule has 5 heteroatoms. The molecule has 2 aromatic carbocycles. The summed E-state index contributed by atoms with van der Waals surface area (Å²) in [6.45, 7) is 2.58. The van der Waals surface area contributed by atoms with Gasteiger partial charge >= 0.3 is 0 Å². The Morgan fingerprint density at radius 1 is 1.12 bits per heavy atom. The van der Waals surface area contributed by atoms with E-state index in [9.17, 15) is 4.79 Å². The molecular weight excluding hydrogens is 314 g/mol. The second kappa shape index (κ2) is 8.24. The van der Waals surface area contributed by atoms with Crippen molar-refractivity contribution in [2.75, 3.05) is 0 Å². The van der Waals surface area contributed by atoms with Gasteiger partial charge in [0, 0.05) is 24.9 Å². The summed E-state index contributed by atoms with van der Waals surface area (Å²) in [5.41, 5.74) is 3.19. The fourth-order valence-electron chi connectivity index (χ4n) is 2.54. The first kappa shape index (κ1) is 16.9. The van der Waals surface area contributed by atoms with Crippen molar-refractivity contribution in [2.45, 2.75) is 32.7 Å². The molecule has 0 saturated heterocycles. The standard InChI is InChI=1S/C20H21N3O2/c1-15-7-5-10-17(13-15)20-22-19(25-23-20)12-6-11-18(24)21-14-16-8-3-2-4-9-16/h2-5,7-10,13H,6,11-12,14H2,1H3,(H,21,24). The van der Waals surface area contributed by atoms with Crippen LogP contribution in [0.4, 0.5) is 0 Å². The summed E-state index contributed by atoms with van der Waals surface area (Å²) < 4.78 is 5.28. The van der Waals surface area contributed by atoms with Crippen LogP contribution in [0.1, 0.15) is 29.9 Å². The zero-order valence-electron chi connectivity index (χ0n) is 14.2. The molecule has 0 radical (unpaired) electrons. The van der Waals surface area contributed by atoms with Crippen LogP contribution < -0.4 is 5.32 Å². The van der Waals surface area contributed by atoms with E-state index < -0.39 is 0 Å². The van der Waals surface area contributed by atoms with Crippen molar-refractivity contribution in [3.05, 3.63) is 71.6 Å². The molecule has 0 unspecified atom stereocenters. The van der Waals surface area contributed by atoms with Gasteiger partial charge in [-0.3, -0.25) is 4.79 Å². The van der Waals surface area contributed by atoms with Gasteiger partial charge < -0.3 is 9.84 Å². The van der Waals surface area contributed by atoms with Crippen LogP contribution in [0.3, 0.4) is 0 Å². The Morgan fingerprint density at radius 2 is 1.96 bits per heavy atom. The molecule has 1 amide bonds. The Labute approximate surface area is 147 Å². The third kappa shape index (κ3) is 5.01. The monoisotopic (exact) mass is 335 g/mol. The first-order valence-corrected chi connectivity index (χ1v) is 8.41. The molecule has 3 rings (SSSR count). The molecule has 0 aliphatic heterocycles. The van der Waals surface area contributed by atoms with Gasteiger partial charge in [-0.1, -0.05) is 59.3 Å². The molecule has 0 fully saturated rings. The number of hydrogen-bond donors (Lipinski definition) is 1. The second-order valence-corrected chi connectivity index (χ2v) is 6.00. The zero-order chi connectivity index (χ0) is 17.5. The van der Waals surface area contributed by atoms with E-state index in [1.165, 1.54) is 0 Å². The van der Waals surface area contributed by atoms with E-state index in [0.717, 1.165) is 16.7 Å². The van der Waals surface area contributed by atoms with Crippen LogP contribution in [0.2, 0.25) is 0 Å². The summed E-state index contributed by atoms with van der Waals surface area (Å²) in [7, 11) is 0. The van der Waals surface area contributed by atoms with Crippen LogP contribution in [0, 0.1) is 6.92 Å². The Bertz CT molecular complexity index is 828. The number of amides is 1. The Balaban J connectivity index is 1.44. The number of nitrogens with zero attached hydrogens (tertiary/aromatic N) is 2. The number of carbonyl (C=O) groups excluding carboxylic acids is 1. The lowest BCUT2D eigenvalue weighted by atomic mass is 10.1. The third-order valence-corrected chi connectivity index (χ3v) is 3.87. The van der Waals surface area contributed by atoms with Crippen LogP contribution in [0.15, 0.2) is 59.1 Å². The molecule has 128 valence electrons. The SMILES string of the molecule is Cc1cccc(-c2noc(CCCC(=O)NCc3ccccc3)n2)c1. The van der Waals surface area contributed by atoms with Crippen LogP contribution in [0.5, 0.6) is 0 Å². The van der Waals surface area contributed by atoms with Gasteiger partial charge in [0.2, 0.25) is 17.6 Å². The molecule has 3 aromatic rings. The predicted molar refractivity (Wildman–Crippen MR) is 95.7 cm³/mol. The minimum absolute atomic E-state index is 0.0299. The summed E-state index contributed by atoms with van der Waals surface area (Å²) in [6.07, 6.45) is 1.71. The largest absolute Gasteiger partial charge is 0.352 e. The molecule has 0 spiro atoms. The summed E-state index contributed by atoms with van der Waals surface area (Å²) >= 11 is 0. The van der Waals surface area contributed by atoms with E-state index >= 15 is 0 Å². The Kier molecular flexibility index (Phi) is 5.57. The van der Waals surface area contributed by atoms with Crippen LogP contribution >= 0.6 is 0 Å². The molecule has 0 bridgehead atoms. The average Bonchev–Trinajstić information content (AvgIpc) is 3.10. The minimum atomic E-state index is 0.0299. The topological polar surface area (TPSA) is 68.0 Å². The summed E-state index contributed by atoms with van der Waals surface area (Å²) in [5, 5.41) is 6.93. The molecule has 5 nitrogen and oxygen atoms in total. The van der Waals surface area contributed by atoms with Crippen molar-refractivity contribution in [1.82, 2.24) is 15.5 Å². The van der Waals surface area contributed by atoms with Crippen molar-refractivity contribution in [2.24, 2.45) is 0 Å². The van der Waals surface area contributed by atoms with Crippen LogP contribution in [-0.2, 0) is 17.8 Å². The van der Waals surface area contributed by atoms with Crippen molar-refractivity contribution in [1.29, 1.82) is 0 Å². The van der Waals surface area contributed by atoms with Gasteiger partial charge in [0.25, 0.3) is 0 Å². The highest BCUT2D eigenvalue weighted by Gasteiger charge is 2.09. The van der Waals surface area contributed by atoms with Gasteiger partial charge in [0.15, 0.2) is 0 Å². The first-order valence-electron chi connectivity index (χ1n) is 8.41. The highest BCUT2D eigenvalue weighted by atomic mass is 16.5. The molecule has 0 aliphatic rings. The maximum atomic E-state index is 11.9. The molecule has 0 saturated carbocycles. The number of carbonyl (C=O) groups is 1. The van der Waals surface area contributed by atoms with E-state index in [-0.39, 0.29) is 5.91 Å². The predicted octanol–water partition coefficient (Wildman–Crippen LogP) is 3.68. The number of aryl methyl sites for hydroxylation is 2. The van der Waals surface area contributed by atoms with E-state index in [0.29, 0.717) is 37.5 Å². The summed E-state index contributed by atoms with van der Waals surface area (Å²) in [4.78, 5) is 16.3. The lowest BCUT2D eigenvalue weighted by Gasteiger charge is -2.04. The fourth-order valence-corrected chi connectivity index (χ4v) is 2.54. The number of rotatable bonds is 7. The maximum Gasteiger partial charge on any atom is 0.226 e. The van der Waals surface area contributed by atoms with Crippen LogP contribution in [0.25, 0.3) is 11.4 Å². The van der Waals surface area contributed by atoms with E-state index in [1.807, 2.05) is 61.5 Å². The highest BCUT2D eigenvalue weighted by Crippen LogP contribution is 2.17. The lowest BCUT2D eigenvalue weighted by Crippen LogP contribution is -2.22. The summed E-state index contributed by atoms with van der Waals surface area (Å²) in [6, 6.07) is 17.8. The van der Waals surface area contributed by atoms with Crippen molar-refractivity contribution < 1.29 is 9.32 Å². The molecule has 1 N–H and O–H groups in total. The molecular formula is C20H21N3O2. The molecule has 0 atom stereocenters. The van der Waals surface area contributed by atoms with Gasteiger partial charge in [-0.05, 0) is 25.0 Å². The van der Waals surface area contributed by atoms with E-state index in [2.05, 4.69) is 15.5 Å². The molecule has 25 heavy (non-hydrogen) atoms. The first-order chi connectivity index (χ1) is 12.2. The van der Waals surface area contributed by atoms with Gasteiger partial charge in [0.05, 0.1) is 0 Å². The number of benzene rings is 2. The van der Waals surface area contributed by atoms with Gasteiger partial charge in [-0.2, -0.15) is 4.98 Å². The number of nitrogens with one attached hydrogen (secondary N) is 1. The zero-order valence-corrected chi connectivity index (χ0v) is 14.2. The summed E-state index contributed by atoms with van der Waals surface area (Å²) in [5.74, 6) is 1.18. The van der Waals surface area contributed by atoms with Crippen molar-refractivity contribution in [3.8, 4) is 11.4 Å². The average molecular weight is 335 g/mol. The Hall–Kier alpha value is -2.95. The highest BCUT2D eigenvalue weighted by molar-refractivity contribution is 5.75. The number of aromatic nitrogens is 2. The normalized spacial score (nSPS) is 10.6. The Morgan fingerprint density at radius 3 is 2.76 bits per heavy atom. The quantitative estimate of drug-likeness (QED) is 0.715. The molecule has 1 heterocycles. The number of hydrogen-bond acceptors (Lipinski definition) is 4. The maximum absolute atomic E-state index is 11.9. The minimum Gasteiger partial charge on any atom is -0.352 e. The third-order valence-electron chi connectivity index (χ3n) is 3.87. The van der Waals surface area contributed by atoms with Gasteiger partial charge in [-0.25, -0.2) is 0 Å². The van der Waals surface area contributed by atoms with Crippen LogP contribution in [-0.4, -0.2) is 16.0 Å². The fraction of sp³-hybridized carbons (Fsp3) is 0.250. The van der Waals surface area contributed by atoms with Crippen molar-refractivity contribution >= 4 is 5.91 Å². The van der Waals surface area contributed by atoms with E-state index in [1.54, 1.807) is 0 Å². The van der Waals surface area contributed by atoms with Crippen molar-refractivity contribution in [3.63, 3.8) is 0 Å². The van der Waals surface area contributed by atoms with E-state index in [4.69, 9.17) is 4.52 Å². The lowest BCUT2D eigenvalue weighted by molar-refractivity contribution is -0.121.